The Morgan fingerprint density at radius 1 is 0.882 bits per heavy atom. The number of unbranched alkanes of at least 4 members (excludes halogenated alkanes) is 2. The van der Waals surface area contributed by atoms with E-state index < -0.39 is 5.97 Å². The molecule has 0 saturated heterocycles. The lowest BCUT2D eigenvalue weighted by molar-refractivity contribution is 0.0734. The quantitative estimate of drug-likeness (QED) is 0.167. The number of carbonyl (C=O) groups is 1. The van der Waals surface area contributed by atoms with E-state index in [9.17, 15) is 10.1 Å². The molecule has 0 N–H and O–H groups in total. The summed E-state index contributed by atoms with van der Waals surface area (Å²) < 4.78 is 5.56. The Hall–Kier alpha value is -3.38. The van der Waals surface area contributed by atoms with Crippen molar-refractivity contribution < 1.29 is 9.53 Å². The van der Waals surface area contributed by atoms with Gasteiger partial charge in [0.2, 0.25) is 0 Å². The van der Waals surface area contributed by atoms with Crippen molar-refractivity contribution >= 4 is 5.97 Å². The molecule has 0 amide bonds. The van der Waals surface area contributed by atoms with Gasteiger partial charge >= 0.3 is 5.97 Å². The van der Waals surface area contributed by atoms with Crippen molar-refractivity contribution in [1.82, 2.24) is 0 Å². The number of esters is 1. The van der Waals surface area contributed by atoms with Crippen molar-refractivity contribution in [3.8, 4) is 22.9 Å². The van der Waals surface area contributed by atoms with Gasteiger partial charge in [-0.25, -0.2) is 4.79 Å². The molecule has 0 aromatic heterocycles. The molecular weight excluding hydrogens is 418 g/mol. The Bertz CT molecular complexity index is 1110. The summed E-state index contributed by atoms with van der Waals surface area (Å²) in [5, 5.41) is 9.51. The molecule has 3 heteroatoms. The molecule has 0 heterocycles. The molecule has 0 aliphatic carbocycles. The molecule has 3 rings (SSSR count). The third kappa shape index (κ3) is 7.06. The number of nitriles is 1. The van der Waals surface area contributed by atoms with Crippen LogP contribution in [0.2, 0.25) is 0 Å². The summed E-state index contributed by atoms with van der Waals surface area (Å²) in [7, 11) is 0. The molecule has 34 heavy (non-hydrogen) atoms. The second-order valence-corrected chi connectivity index (χ2v) is 9.12. The van der Waals surface area contributed by atoms with Gasteiger partial charge in [-0.05, 0) is 78.1 Å². The number of rotatable bonds is 11. The first-order chi connectivity index (χ1) is 16.5. The molecule has 0 bridgehead atoms. The zero-order valence-corrected chi connectivity index (χ0v) is 20.6. The van der Waals surface area contributed by atoms with E-state index in [4.69, 9.17) is 4.74 Å². The first-order valence-corrected chi connectivity index (χ1v) is 12.5. The van der Waals surface area contributed by atoms with Gasteiger partial charge in [0, 0.05) is 0 Å². The summed E-state index contributed by atoms with van der Waals surface area (Å²) in [4.78, 5) is 12.7. The Balaban J connectivity index is 1.63. The number of hydrogen-bond acceptors (Lipinski definition) is 3. The van der Waals surface area contributed by atoms with Gasteiger partial charge in [0.25, 0.3) is 0 Å². The number of aryl methyl sites for hydroxylation is 2. The van der Waals surface area contributed by atoms with Gasteiger partial charge in [-0.1, -0.05) is 82.5 Å². The molecule has 0 saturated carbocycles. The molecule has 0 aliphatic rings. The van der Waals surface area contributed by atoms with Crippen molar-refractivity contribution in [1.29, 1.82) is 5.26 Å². The summed E-state index contributed by atoms with van der Waals surface area (Å²) in [6, 6.07) is 23.7. The highest BCUT2D eigenvalue weighted by Gasteiger charge is 2.13. The van der Waals surface area contributed by atoms with E-state index in [1.807, 2.05) is 24.3 Å². The molecule has 1 unspecified atom stereocenters. The van der Waals surface area contributed by atoms with E-state index in [0.29, 0.717) is 16.9 Å². The van der Waals surface area contributed by atoms with Crippen molar-refractivity contribution in [2.24, 2.45) is 5.92 Å². The number of ether oxygens (including phenoxy) is 1. The molecule has 0 radical (unpaired) electrons. The van der Waals surface area contributed by atoms with Gasteiger partial charge < -0.3 is 4.74 Å². The Morgan fingerprint density at radius 3 is 2.15 bits per heavy atom. The first kappa shape index (κ1) is 25.2. The van der Waals surface area contributed by atoms with E-state index in [1.165, 1.54) is 18.4 Å². The standard InChI is InChI=1S/C31H35NO2/c1-4-6-7-8-25-13-20-30(29(21-25)22-32)34-31(33)28-18-16-27(17-19-28)26-14-11-24(12-15-26)10-9-23(3)5-2/h11-21,23H,4-10H2,1-3H3. The highest BCUT2D eigenvalue weighted by molar-refractivity contribution is 5.92. The zero-order chi connectivity index (χ0) is 24.3. The van der Waals surface area contributed by atoms with Gasteiger partial charge in [0.15, 0.2) is 0 Å². The Morgan fingerprint density at radius 2 is 1.53 bits per heavy atom. The minimum atomic E-state index is -0.456. The first-order valence-electron chi connectivity index (χ1n) is 12.5. The molecule has 0 spiro atoms. The van der Waals surface area contributed by atoms with Crippen LogP contribution in [0.3, 0.4) is 0 Å². The van der Waals surface area contributed by atoms with Crippen LogP contribution in [0, 0.1) is 17.2 Å². The minimum Gasteiger partial charge on any atom is -0.422 e. The van der Waals surface area contributed by atoms with Gasteiger partial charge in [0.1, 0.15) is 11.8 Å². The minimum absolute atomic E-state index is 0.309. The number of hydrogen-bond donors (Lipinski definition) is 0. The van der Waals surface area contributed by atoms with Crippen LogP contribution in [0.1, 0.15) is 79.9 Å². The lowest BCUT2D eigenvalue weighted by atomic mass is 9.97. The van der Waals surface area contributed by atoms with Gasteiger partial charge in [-0.15, -0.1) is 0 Å². The van der Waals surface area contributed by atoms with E-state index in [1.54, 1.807) is 18.2 Å². The van der Waals surface area contributed by atoms with Gasteiger partial charge in [-0.2, -0.15) is 5.26 Å². The molecule has 3 aromatic rings. The maximum atomic E-state index is 12.7. The fourth-order valence-electron chi connectivity index (χ4n) is 3.93. The monoisotopic (exact) mass is 453 g/mol. The van der Waals surface area contributed by atoms with Gasteiger partial charge in [0.05, 0.1) is 11.1 Å². The maximum absolute atomic E-state index is 12.7. The van der Waals surface area contributed by atoms with Crippen LogP contribution in [-0.4, -0.2) is 5.97 Å². The highest BCUT2D eigenvalue weighted by atomic mass is 16.5. The fraction of sp³-hybridized carbons (Fsp3) is 0.355. The van der Waals surface area contributed by atoms with Crippen molar-refractivity contribution in [3.63, 3.8) is 0 Å². The van der Waals surface area contributed by atoms with Crippen LogP contribution in [0.5, 0.6) is 5.75 Å². The smallest absolute Gasteiger partial charge is 0.343 e. The molecular formula is C31H35NO2. The summed E-state index contributed by atoms with van der Waals surface area (Å²) in [5.41, 5.74) is 5.49. The topological polar surface area (TPSA) is 50.1 Å². The van der Waals surface area contributed by atoms with Crippen LogP contribution < -0.4 is 4.74 Å². The number of benzene rings is 3. The zero-order valence-electron chi connectivity index (χ0n) is 20.6. The summed E-state index contributed by atoms with van der Waals surface area (Å²) in [6.07, 6.45) is 7.87. The Labute approximate surface area is 204 Å². The molecule has 3 aromatic carbocycles. The summed E-state index contributed by atoms with van der Waals surface area (Å²) in [6.45, 7) is 6.70. The second kappa shape index (κ2) is 12.8. The van der Waals surface area contributed by atoms with E-state index in [-0.39, 0.29) is 0 Å². The summed E-state index contributed by atoms with van der Waals surface area (Å²) >= 11 is 0. The van der Waals surface area contributed by atoms with Crippen molar-refractivity contribution in [2.75, 3.05) is 0 Å². The fourth-order valence-corrected chi connectivity index (χ4v) is 3.93. The third-order valence-electron chi connectivity index (χ3n) is 6.47. The van der Waals surface area contributed by atoms with Crippen LogP contribution in [0.25, 0.3) is 11.1 Å². The van der Waals surface area contributed by atoms with Crippen molar-refractivity contribution in [2.45, 2.75) is 65.7 Å². The van der Waals surface area contributed by atoms with E-state index in [2.05, 4.69) is 51.1 Å². The molecule has 1 atom stereocenters. The predicted octanol–water partition coefficient (Wildman–Crippen LogP) is 8.16. The molecule has 176 valence electrons. The summed E-state index contributed by atoms with van der Waals surface area (Å²) in [5.74, 6) is 0.603. The normalized spacial score (nSPS) is 11.6. The average Bonchev–Trinajstić information content (AvgIpc) is 2.88. The van der Waals surface area contributed by atoms with Crippen LogP contribution in [-0.2, 0) is 12.8 Å². The van der Waals surface area contributed by atoms with Gasteiger partial charge in [-0.3, -0.25) is 0 Å². The second-order valence-electron chi connectivity index (χ2n) is 9.12. The van der Waals surface area contributed by atoms with E-state index >= 15 is 0 Å². The molecule has 0 fully saturated rings. The SMILES string of the molecule is CCCCCc1ccc(OC(=O)c2ccc(-c3ccc(CCC(C)CC)cc3)cc2)c(C#N)c1. The van der Waals surface area contributed by atoms with Crippen LogP contribution in [0.4, 0.5) is 0 Å². The molecule has 3 nitrogen and oxygen atoms in total. The lowest BCUT2D eigenvalue weighted by Crippen LogP contribution is -2.09. The Kier molecular flexibility index (Phi) is 9.47. The lowest BCUT2D eigenvalue weighted by Gasteiger charge is -2.10. The number of carbonyl (C=O) groups excluding carboxylic acids is 1. The maximum Gasteiger partial charge on any atom is 0.343 e. The predicted molar refractivity (Wildman–Crippen MR) is 139 cm³/mol. The average molecular weight is 454 g/mol. The van der Waals surface area contributed by atoms with Crippen LogP contribution in [0.15, 0.2) is 66.7 Å². The van der Waals surface area contributed by atoms with E-state index in [0.717, 1.165) is 54.7 Å². The van der Waals surface area contributed by atoms with Crippen LogP contribution >= 0.6 is 0 Å². The molecule has 0 aliphatic heterocycles. The third-order valence-corrected chi connectivity index (χ3v) is 6.47. The highest BCUT2D eigenvalue weighted by Crippen LogP contribution is 2.24. The number of nitrogens with zero attached hydrogens (tertiary/aromatic N) is 1. The largest absolute Gasteiger partial charge is 0.422 e. The van der Waals surface area contributed by atoms with Crippen molar-refractivity contribution in [3.05, 3.63) is 89.0 Å².